The van der Waals surface area contributed by atoms with Crippen LogP contribution in [-0.2, 0) is 0 Å². The molecular weight excluding hydrogens is 364 g/mol. The number of benzene rings is 1. The van der Waals surface area contributed by atoms with E-state index in [1.54, 1.807) is 4.57 Å². The van der Waals surface area contributed by atoms with Gasteiger partial charge in [0.05, 0.1) is 16.9 Å². The number of carboxylic acid groups (broad SMARTS) is 1. The van der Waals surface area contributed by atoms with Crippen molar-refractivity contribution in [2.75, 3.05) is 44.7 Å². The number of halogens is 1. The standard InChI is InChI=1S/C18H20FN3O4.Na/c1-10-9-26-17-14-11(16(23)12(18(24)25)8-22(10)14)7-13(19)15(17)21-5-3-20(2)4-6-21;/h7-8,10H,3-6,9H2,1-2H3,(H,24,25);/t10-;/m0./s1. The number of aromatic carboxylic acids is 1. The zero-order chi connectivity index (χ0) is 18.6. The summed E-state index contributed by atoms with van der Waals surface area (Å²) in [5.41, 5.74) is -0.224. The molecule has 0 bridgehead atoms. The largest absolute Gasteiger partial charge is 0.487 e. The maximum atomic E-state index is 15.0. The topological polar surface area (TPSA) is 75.0 Å². The van der Waals surface area contributed by atoms with Gasteiger partial charge in [-0.15, -0.1) is 0 Å². The fourth-order valence-electron chi connectivity index (χ4n) is 3.69. The Kier molecular flexibility index (Phi) is 5.54. The van der Waals surface area contributed by atoms with Gasteiger partial charge in [0, 0.05) is 61.9 Å². The van der Waals surface area contributed by atoms with Crippen LogP contribution in [0, 0.1) is 5.82 Å². The van der Waals surface area contributed by atoms with E-state index >= 15 is 0 Å². The quantitative estimate of drug-likeness (QED) is 0.784. The number of nitrogens with zero attached hydrogens (tertiary/aromatic N) is 3. The third-order valence-electron chi connectivity index (χ3n) is 5.19. The van der Waals surface area contributed by atoms with E-state index in [0.29, 0.717) is 30.0 Å². The molecule has 1 aromatic heterocycles. The van der Waals surface area contributed by atoms with Gasteiger partial charge in [0.15, 0.2) is 11.6 Å². The molecule has 1 N–H and O–H groups in total. The summed E-state index contributed by atoms with van der Waals surface area (Å²) in [6, 6.07) is 0.994. The number of hydrogen-bond donors (Lipinski definition) is 1. The SMILES string of the molecule is C[C@H]1COc2c(N3CCN(C)CC3)c(F)cc3c(=O)c(C(=O)O)cn1c23.[Na]. The first-order valence-electron chi connectivity index (χ1n) is 8.59. The Balaban J connectivity index is 0.00000210. The summed E-state index contributed by atoms with van der Waals surface area (Å²) in [6.07, 6.45) is 1.34. The number of aromatic nitrogens is 1. The first-order valence-corrected chi connectivity index (χ1v) is 8.59. The van der Waals surface area contributed by atoms with Gasteiger partial charge in [-0.3, -0.25) is 4.79 Å². The summed E-state index contributed by atoms with van der Waals surface area (Å²) >= 11 is 0. The second-order valence-electron chi connectivity index (χ2n) is 6.97. The summed E-state index contributed by atoms with van der Waals surface area (Å²) in [7, 11) is 2.02. The number of piperazine rings is 1. The minimum Gasteiger partial charge on any atom is -0.487 e. The number of carboxylic acids is 1. The van der Waals surface area contributed by atoms with Crippen LogP contribution in [0.15, 0.2) is 17.1 Å². The van der Waals surface area contributed by atoms with Crippen molar-refractivity contribution >= 4 is 52.1 Å². The van der Waals surface area contributed by atoms with Gasteiger partial charge < -0.3 is 24.2 Å². The van der Waals surface area contributed by atoms with E-state index in [2.05, 4.69) is 4.90 Å². The van der Waals surface area contributed by atoms with Crippen molar-refractivity contribution in [3.8, 4) is 5.75 Å². The minimum atomic E-state index is -1.32. The molecule has 1 saturated heterocycles. The Morgan fingerprint density at radius 3 is 2.59 bits per heavy atom. The third-order valence-corrected chi connectivity index (χ3v) is 5.19. The van der Waals surface area contributed by atoms with Crippen molar-refractivity contribution in [2.24, 2.45) is 0 Å². The number of ether oxygens (including phenoxy) is 1. The van der Waals surface area contributed by atoms with E-state index in [-0.39, 0.29) is 53.2 Å². The molecular formula is C18H20FN3NaO4. The van der Waals surface area contributed by atoms with Crippen LogP contribution in [0.1, 0.15) is 23.3 Å². The average Bonchev–Trinajstić information content (AvgIpc) is 2.60. The number of hydrogen-bond acceptors (Lipinski definition) is 5. The Hall–Kier alpha value is -1.61. The molecule has 1 atom stereocenters. The van der Waals surface area contributed by atoms with Gasteiger partial charge in [0.1, 0.15) is 17.9 Å². The van der Waals surface area contributed by atoms with E-state index in [1.165, 1.54) is 6.20 Å². The predicted molar refractivity (Wildman–Crippen MR) is 101 cm³/mol. The molecule has 1 aromatic carbocycles. The molecule has 9 heteroatoms. The average molecular weight is 384 g/mol. The molecule has 27 heavy (non-hydrogen) atoms. The molecule has 2 aromatic rings. The Morgan fingerprint density at radius 1 is 1.30 bits per heavy atom. The van der Waals surface area contributed by atoms with E-state index in [0.717, 1.165) is 19.2 Å². The minimum absolute atomic E-state index is 0. The van der Waals surface area contributed by atoms with Gasteiger partial charge in [-0.25, -0.2) is 9.18 Å². The second-order valence-corrected chi connectivity index (χ2v) is 6.97. The molecule has 0 saturated carbocycles. The second kappa shape index (κ2) is 7.43. The van der Waals surface area contributed by atoms with Crippen LogP contribution in [0.25, 0.3) is 10.9 Å². The van der Waals surface area contributed by atoms with Crippen molar-refractivity contribution in [3.05, 3.63) is 33.9 Å². The number of rotatable bonds is 2. The van der Waals surface area contributed by atoms with Crippen LogP contribution in [0.2, 0.25) is 0 Å². The first-order chi connectivity index (χ1) is 12.4. The molecule has 2 aliphatic rings. The number of likely N-dealkylation sites (N-methyl/N-ethyl adjacent to an activating group) is 1. The van der Waals surface area contributed by atoms with Gasteiger partial charge in [0.2, 0.25) is 5.43 Å². The zero-order valence-electron chi connectivity index (χ0n) is 15.7. The van der Waals surface area contributed by atoms with E-state index in [1.807, 2.05) is 18.9 Å². The number of pyridine rings is 1. The van der Waals surface area contributed by atoms with Crippen LogP contribution >= 0.6 is 0 Å². The summed E-state index contributed by atoms with van der Waals surface area (Å²) in [5.74, 6) is -1.54. The fraction of sp³-hybridized carbons (Fsp3) is 0.444. The third kappa shape index (κ3) is 3.24. The monoisotopic (exact) mass is 384 g/mol. The van der Waals surface area contributed by atoms with Crippen LogP contribution < -0.4 is 15.1 Å². The van der Waals surface area contributed by atoms with Crippen LogP contribution in [0.3, 0.4) is 0 Å². The number of anilines is 1. The van der Waals surface area contributed by atoms with Gasteiger partial charge in [-0.2, -0.15) is 0 Å². The molecule has 1 fully saturated rings. The molecule has 7 nitrogen and oxygen atoms in total. The van der Waals surface area contributed by atoms with E-state index < -0.39 is 17.2 Å². The van der Waals surface area contributed by atoms with Gasteiger partial charge in [-0.1, -0.05) is 0 Å². The molecule has 0 aliphatic carbocycles. The number of carbonyl (C=O) groups is 1. The summed E-state index contributed by atoms with van der Waals surface area (Å²) in [6.45, 7) is 5.08. The van der Waals surface area contributed by atoms with Crippen LogP contribution in [0.4, 0.5) is 10.1 Å². The van der Waals surface area contributed by atoms with Gasteiger partial charge in [-0.05, 0) is 20.0 Å². The van der Waals surface area contributed by atoms with Crippen molar-refractivity contribution in [1.29, 1.82) is 0 Å². The molecule has 1 radical (unpaired) electrons. The van der Waals surface area contributed by atoms with Crippen molar-refractivity contribution in [2.45, 2.75) is 13.0 Å². The van der Waals surface area contributed by atoms with Crippen molar-refractivity contribution in [1.82, 2.24) is 9.47 Å². The summed E-state index contributed by atoms with van der Waals surface area (Å²) in [5, 5.41) is 9.36. The van der Waals surface area contributed by atoms with E-state index in [4.69, 9.17) is 4.74 Å². The molecule has 0 unspecified atom stereocenters. The van der Waals surface area contributed by atoms with Crippen LogP contribution in [0.5, 0.6) is 5.75 Å². The summed E-state index contributed by atoms with van der Waals surface area (Å²) < 4.78 is 22.6. The van der Waals surface area contributed by atoms with Crippen LogP contribution in [-0.4, -0.2) is 89.9 Å². The Bertz CT molecular complexity index is 969. The van der Waals surface area contributed by atoms with Crippen molar-refractivity contribution in [3.63, 3.8) is 0 Å². The van der Waals surface area contributed by atoms with E-state index in [9.17, 15) is 19.1 Å². The van der Waals surface area contributed by atoms with Gasteiger partial charge in [0.25, 0.3) is 0 Å². The summed E-state index contributed by atoms with van der Waals surface area (Å²) in [4.78, 5) is 28.1. The van der Waals surface area contributed by atoms with Gasteiger partial charge >= 0.3 is 5.97 Å². The Morgan fingerprint density at radius 2 is 1.96 bits per heavy atom. The fourth-order valence-corrected chi connectivity index (χ4v) is 3.69. The maximum absolute atomic E-state index is 15.0. The van der Waals surface area contributed by atoms with Crippen molar-refractivity contribution < 1.29 is 19.0 Å². The molecule has 139 valence electrons. The molecule has 4 rings (SSSR count). The smallest absolute Gasteiger partial charge is 0.341 e. The molecule has 0 spiro atoms. The normalized spacial score (nSPS) is 19.5. The predicted octanol–water partition coefficient (Wildman–Crippen LogP) is 1.16. The molecule has 0 amide bonds. The zero-order valence-corrected chi connectivity index (χ0v) is 17.7. The molecule has 2 aliphatic heterocycles. The Labute approximate surface area is 177 Å². The molecule has 3 heterocycles. The first kappa shape index (κ1) is 20.1. The maximum Gasteiger partial charge on any atom is 0.341 e.